The molecule has 0 amide bonds. The maximum absolute atomic E-state index is 9.70. The van der Waals surface area contributed by atoms with Crippen LogP contribution in [-0.4, -0.2) is 21.9 Å². The highest BCUT2D eigenvalue weighted by Crippen LogP contribution is 2.16. The van der Waals surface area contributed by atoms with Gasteiger partial charge in [-0.3, -0.25) is 0 Å². The lowest BCUT2D eigenvalue weighted by Crippen LogP contribution is -2.38. The number of hydrogen-bond acceptors (Lipinski definition) is 3. The van der Waals surface area contributed by atoms with E-state index in [-0.39, 0.29) is 5.57 Å². The number of rotatable bonds is 18. The van der Waals surface area contributed by atoms with Crippen molar-refractivity contribution in [2.24, 2.45) is 5.73 Å². The number of carboxylic acids is 1. The van der Waals surface area contributed by atoms with E-state index >= 15 is 0 Å². The van der Waals surface area contributed by atoms with Crippen LogP contribution in [-0.2, 0) is 4.79 Å². The Morgan fingerprint density at radius 3 is 1.32 bits per heavy atom. The van der Waals surface area contributed by atoms with Gasteiger partial charge in [-0.1, -0.05) is 110 Å². The first-order valence-electron chi connectivity index (χ1n) is 11.7. The minimum Gasteiger partial charge on any atom is -0.478 e. The molecule has 0 spiro atoms. The van der Waals surface area contributed by atoms with Gasteiger partial charge in [0.05, 0.1) is 0 Å². The van der Waals surface area contributed by atoms with E-state index in [9.17, 15) is 9.90 Å². The second kappa shape index (κ2) is 20.9. The van der Waals surface area contributed by atoms with Gasteiger partial charge in [0.2, 0.25) is 0 Å². The van der Waals surface area contributed by atoms with Gasteiger partial charge in [-0.25, -0.2) is 4.79 Å². The molecule has 0 aliphatic carbocycles. The highest BCUT2D eigenvalue weighted by Gasteiger charge is 2.16. The monoisotopic (exact) mass is 399 g/mol. The largest absolute Gasteiger partial charge is 0.478 e. The lowest BCUT2D eigenvalue weighted by atomic mass is 10.0. The zero-order chi connectivity index (χ0) is 21.7. The normalized spacial score (nSPS) is 12.8. The Balaban J connectivity index is 0. The quantitative estimate of drug-likeness (QED) is 0.132. The second-order valence-electron chi connectivity index (χ2n) is 8.24. The average Bonchev–Trinajstić information content (AvgIpc) is 2.65. The molecule has 168 valence electrons. The first kappa shape index (κ1) is 29.3. The molecule has 1 unspecified atom stereocenters. The van der Waals surface area contributed by atoms with Crippen molar-refractivity contribution >= 4 is 5.97 Å². The fraction of sp³-hybridized carbons (Fsp3) is 0.875. The molecule has 4 nitrogen and oxygen atoms in total. The molecule has 0 radical (unpaired) electrons. The summed E-state index contributed by atoms with van der Waals surface area (Å²) in [5, 5.41) is 17.6. The van der Waals surface area contributed by atoms with E-state index in [4.69, 9.17) is 10.8 Å². The van der Waals surface area contributed by atoms with E-state index < -0.39 is 11.7 Å². The van der Waals surface area contributed by atoms with Crippen LogP contribution in [0.25, 0.3) is 0 Å². The Bertz CT molecular complexity index is 355. The molecular weight excluding hydrogens is 350 g/mol. The third-order valence-electron chi connectivity index (χ3n) is 5.19. The van der Waals surface area contributed by atoms with Crippen LogP contribution in [0.5, 0.6) is 0 Å². The number of nitrogens with two attached hydrogens (primary N) is 1. The Labute approximate surface area is 175 Å². The van der Waals surface area contributed by atoms with E-state index in [0.717, 1.165) is 12.8 Å². The molecule has 4 N–H and O–H groups in total. The molecule has 28 heavy (non-hydrogen) atoms. The number of carbonyl (C=O) groups is 1. The van der Waals surface area contributed by atoms with E-state index in [2.05, 4.69) is 13.5 Å². The number of unbranched alkanes of at least 4 members (excludes halogenated alkanes) is 14. The Morgan fingerprint density at radius 1 is 0.786 bits per heavy atom. The molecule has 0 saturated heterocycles. The Kier molecular flexibility index (Phi) is 21.8. The van der Waals surface area contributed by atoms with Crippen molar-refractivity contribution in [1.82, 2.24) is 0 Å². The zero-order valence-corrected chi connectivity index (χ0v) is 19.1. The summed E-state index contributed by atoms with van der Waals surface area (Å²) in [4.78, 5) is 9.60. The summed E-state index contributed by atoms with van der Waals surface area (Å²) in [6, 6.07) is 0. The third kappa shape index (κ3) is 25.1. The minimum absolute atomic E-state index is 0.176. The van der Waals surface area contributed by atoms with Crippen molar-refractivity contribution in [3.8, 4) is 0 Å². The summed E-state index contributed by atoms with van der Waals surface area (Å²) in [7, 11) is 0. The highest BCUT2D eigenvalue weighted by atomic mass is 16.4. The number of carboxylic acid groups (broad SMARTS) is 1. The molecule has 0 heterocycles. The zero-order valence-electron chi connectivity index (χ0n) is 19.1. The fourth-order valence-electron chi connectivity index (χ4n) is 2.98. The molecule has 1 atom stereocenters. The number of aliphatic hydroxyl groups is 1. The van der Waals surface area contributed by atoms with Gasteiger partial charge in [-0.15, -0.1) is 0 Å². The predicted octanol–water partition coefficient (Wildman–Crippen LogP) is 6.95. The summed E-state index contributed by atoms with van der Waals surface area (Å²) >= 11 is 0. The van der Waals surface area contributed by atoms with Crippen molar-refractivity contribution in [2.75, 3.05) is 0 Å². The van der Waals surface area contributed by atoms with Gasteiger partial charge in [0.15, 0.2) is 0 Å². The lowest BCUT2D eigenvalue weighted by Gasteiger charge is -2.20. The highest BCUT2D eigenvalue weighted by molar-refractivity contribution is 5.84. The first-order valence-corrected chi connectivity index (χ1v) is 11.7. The van der Waals surface area contributed by atoms with Crippen LogP contribution in [0.4, 0.5) is 0 Å². The van der Waals surface area contributed by atoms with E-state index in [1.807, 2.05) is 6.92 Å². The summed E-state index contributed by atoms with van der Waals surface area (Å²) in [5.41, 5.74) is 4.98. The SMILES string of the molecule is C=C(C)C(=O)O.CCCCCCCCCCCCCCCCCC(N)(O)CC. The minimum atomic E-state index is -0.935. The summed E-state index contributed by atoms with van der Waals surface area (Å²) in [6.07, 6.45) is 22.0. The predicted molar refractivity (Wildman–Crippen MR) is 121 cm³/mol. The maximum Gasteiger partial charge on any atom is 0.330 e. The average molecular weight is 400 g/mol. The van der Waals surface area contributed by atoms with Gasteiger partial charge in [-0.2, -0.15) is 0 Å². The third-order valence-corrected chi connectivity index (χ3v) is 5.19. The standard InChI is InChI=1S/C20H43NO.C4H6O2/c1-3-5-6-7-8-9-10-11-12-13-14-15-16-17-18-19-20(21,22)4-2;1-3(2)4(5)6/h22H,3-19,21H2,1-2H3;1H2,2H3,(H,5,6). The van der Waals surface area contributed by atoms with Gasteiger partial charge in [-0.05, 0) is 26.2 Å². The molecule has 0 rings (SSSR count). The maximum atomic E-state index is 9.70. The summed E-state index contributed by atoms with van der Waals surface area (Å²) in [5.74, 6) is -0.935. The van der Waals surface area contributed by atoms with Crippen LogP contribution in [0, 0.1) is 0 Å². The molecule has 0 fully saturated rings. The van der Waals surface area contributed by atoms with E-state index in [1.54, 1.807) is 0 Å². The molecule has 0 aromatic rings. The summed E-state index contributed by atoms with van der Waals surface area (Å²) in [6.45, 7) is 8.83. The summed E-state index contributed by atoms with van der Waals surface area (Å²) < 4.78 is 0. The molecular formula is C24H49NO3. The van der Waals surface area contributed by atoms with Gasteiger partial charge in [0.1, 0.15) is 5.72 Å². The smallest absolute Gasteiger partial charge is 0.330 e. The van der Waals surface area contributed by atoms with Crippen LogP contribution < -0.4 is 5.73 Å². The number of aliphatic carboxylic acids is 1. The van der Waals surface area contributed by atoms with Crippen LogP contribution in [0.15, 0.2) is 12.2 Å². The Morgan fingerprint density at radius 2 is 1.07 bits per heavy atom. The molecule has 0 aliphatic heterocycles. The molecule has 0 aromatic carbocycles. The Hall–Kier alpha value is -0.870. The van der Waals surface area contributed by atoms with Crippen LogP contribution in [0.2, 0.25) is 0 Å². The van der Waals surface area contributed by atoms with Crippen LogP contribution in [0.3, 0.4) is 0 Å². The van der Waals surface area contributed by atoms with Crippen molar-refractivity contribution in [3.05, 3.63) is 12.2 Å². The number of hydrogen-bond donors (Lipinski definition) is 3. The molecule has 0 bridgehead atoms. The fourth-order valence-corrected chi connectivity index (χ4v) is 2.98. The van der Waals surface area contributed by atoms with Crippen molar-refractivity contribution in [3.63, 3.8) is 0 Å². The second-order valence-corrected chi connectivity index (χ2v) is 8.24. The molecule has 0 aromatic heterocycles. The van der Waals surface area contributed by atoms with Crippen molar-refractivity contribution in [1.29, 1.82) is 0 Å². The van der Waals surface area contributed by atoms with E-state index in [1.165, 1.54) is 96.8 Å². The van der Waals surface area contributed by atoms with Crippen molar-refractivity contribution < 1.29 is 15.0 Å². The molecule has 0 saturated carbocycles. The van der Waals surface area contributed by atoms with Crippen molar-refractivity contribution in [2.45, 2.75) is 136 Å². The lowest BCUT2D eigenvalue weighted by molar-refractivity contribution is -0.132. The van der Waals surface area contributed by atoms with Gasteiger partial charge in [0, 0.05) is 5.57 Å². The topological polar surface area (TPSA) is 83.5 Å². The van der Waals surface area contributed by atoms with Crippen LogP contribution >= 0.6 is 0 Å². The first-order chi connectivity index (χ1) is 13.3. The van der Waals surface area contributed by atoms with Crippen LogP contribution in [0.1, 0.15) is 130 Å². The van der Waals surface area contributed by atoms with Gasteiger partial charge < -0.3 is 15.9 Å². The molecule has 4 heteroatoms. The van der Waals surface area contributed by atoms with E-state index in [0.29, 0.717) is 6.42 Å². The molecule has 0 aliphatic rings. The van der Waals surface area contributed by atoms with Gasteiger partial charge >= 0.3 is 5.97 Å². The van der Waals surface area contributed by atoms with Gasteiger partial charge in [0.25, 0.3) is 0 Å².